The molecule has 0 N–H and O–H groups in total. The maximum Gasteiger partial charge on any atom is 0.416 e. The van der Waals surface area contributed by atoms with Crippen LogP contribution in [0.1, 0.15) is 23.6 Å². The van der Waals surface area contributed by atoms with Crippen LogP contribution in [0.5, 0.6) is 5.75 Å². The van der Waals surface area contributed by atoms with Crippen LogP contribution in [0.25, 0.3) is 0 Å². The molecule has 0 aliphatic carbocycles. The van der Waals surface area contributed by atoms with E-state index in [1.54, 1.807) is 42.5 Å². The molecule has 3 aromatic rings. The molecule has 0 saturated heterocycles. The summed E-state index contributed by atoms with van der Waals surface area (Å²) in [5.41, 5.74) is 0.663. The Bertz CT molecular complexity index is 1160. The Kier molecular flexibility index (Phi) is 8.61. The van der Waals surface area contributed by atoms with Gasteiger partial charge in [-0.25, -0.2) is 4.79 Å². The molecule has 0 heterocycles. The minimum absolute atomic E-state index is 0.125. The number of alkyl halides is 3. The highest BCUT2D eigenvalue weighted by Crippen LogP contribution is 2.31. The quantitative estimate of drug-likeness (QED) is 0.236. The summed E-state index contributed by atoms with van der Waals surface area (Å²) in [6.45, 7) is 0.839. The van der Waals surface area contributed by atoms with E-state index in [4.69, 9.17) is 9.47 Å². The van der Waals surface area contributed by atoms with Crippen LogP contribution in [-0.4, -0.2) is 31.3 Å². The number of hydrogen-bond donors (Lipinski definition) is 0. The van der Waals surface area contributed by atoms with Gasteiger partial charge in [0.1, 0.15) is 5.75 Å². The van der Waals surface area contributed by atoms with E-state index >= 15 is 0 Å². The molecule has 182 valence electrons. The first-order valence-electron chi connectivity index (χ1n) is 10.7. The Morgan fingerprint density at radius 1 is 0.943 bits per heavy atom. The number of nitrogens with zero attached hydrogens (tertiary/aromatic N) is 2. The van der Waals surface area contributed by atoms with Crippen LogP contribution in [0.4, 0.5) is 18.9 Å². The monoisotopic (exact) mass is 484 g/mol. The third kappa shape index (κ3) is 7.70. The minimum Gasteiger partial charge on any atom is -0.482 e. The zero-order valence-corrected chi connectivity index (χ0v) is 18.9. The lowest BCUT2D eigenvalue weighted by atomic mass is 10.2. The van der Waals surface area contributed by atoms with Gasteiger partial charge in [0.15, 0.2) is 13.2 Å². The Balaban J connectivity index is 1.69. The summed E-state index contributed by atoms with van der Waals surface area (Å²) in [7, 11) is 0. The molecule has 0 aromatic heterocycles. The van der Waals surface area contributed by atoms with Gasteiger partial charge in [-0.1, -0.05) is 55.5 Å². The van der Waals surface area contributed by atoms with Gasteiger partial charge in [0.2, 0.25) is 0 Å². The lowest BCUT2D eigenvalue weighted by Crippen LogP contribution is -2.31. The number of hydrogen-bond acceptors (Lipinski definition) is 5. The van der Waals surface area contributed by atoms with Gasteiger partial charge in [-0.05, 0) is 47.9 Å². The Hall–Kier alpha value is -4.14. The molecule has 6 nitrogen and oxygen atoms in total. The van der Waals surface area contributed by atoms with Gasteiger partial charge in [-0.2, -0.15) is 23.3 Å². The van der Waals surface area contributed by atoms with Gasteiger partial charge in [0, 0.05) is 0 Å². The molecule has 0 atom stereocenters. The van der Waals surface area contributed by atoms with Gasteiger partial charge in [0.25, 0.3) is 5.91 Å². The average molecular weight is 484 g/mol. The molecule has 35 heavy (non-hydrogen) atoms. The normalized spacial score (nSPS) is 11.3. The van der Waals surface area contributed by atoms with Crippen molar-refractivity contribution in [3.05, 3.63) is 95.6 Å². The number of amides is 1. The number of benzene rings is 3. The standard InChI is InChI=1S/C26H23F3N2O4/c1-2-19-11-13-23(14-12-19)34-18-25(33)35-17-24(32)31(30-16-20-7-4-3-5-8-20)22-10-6-9-21(15-22)26(27,28)29/h3-16H,2,17-18H2,1H3/b30-16+. The first-order valence-corrected chi connectivity index (χ1v) is 10.7. The molecule has 0 fully saturated rings. The lowest BCUT2D eigenvalue weighted by molar-refractivity contribution is -0.149. The largest absolute Gasteiger partial charge is 0.482 e. The third-order valence-corrected chi connectivity index (χ3v) is 4.82. The highest BCUT2D eigenvalue weighted by atomic mass is 19.4. The maximum absolute atomic E-state index is 13.2. The topological polar surface area (TPSA) is 68.2 Å². The van der Waals surface area contributed by atoms with Crippen molar-refractivity contribution >= 4 is 23.8 Å². The second-order valence-electron chi connectivity index (χ2n) is 7.36. The summed E-state index contributed by atoms with van der Waals surface area (Å²) in [5.74, 6) is -1.19. The van der Waals surface area contributed by atoms with Gasteiger partial charge < -0.3 is 9.47 Å². The molecule has 3 rings (SSSR count). The fraction of sp³-hybridized carbons (Fsp3) is 0.192. The van der Waals surface area contributed by atoms with E-state index in [2.05, 4.69) is 5.10 Å². The van der Waals surface area contributed by atoms with Crippen LogP contribution in [0.15, 0.2) is 84.0 Å². The van der Waals surface area contributed by atoms with E-state index in [-0.39, 0.29) is 5.69 Å². The molecular weight excluding hydrogens is 461 g/mol. The molecule has 9 heteroatoms. The minimum atomic E-state index is -4.60. The molecule has 0 bridgehead atoms. The van der Waals surface area contributed by atoms with Crippen molar-refractivity contribution in [2.45, 2.75) is 19.5 Å². The number of esters is 1. The number of carbonyl (C=O) groups is 2. The zero-order valence-electron chi connectivity index (χ0n) is 18.9. The predicted octanol–water partition coefficient (Wildman–Crippen LogP) is 5.26. The van der Waals surface area contributed by atoms with Gasteiger partial charge in [-0.3, -0.25) is 4.79 Å². The Labute approximate surface area is 200 Å². The number of anilines is 1. The molecule has 3 aromatic carbocycles. The second-order valence-corrected chi connectivity index (χ2v) is 7.36. The summed E-state index contributed by atoms with van der Waals surface area (Å²) >= 11 is 0. The highest BCUT2D eigenvalue weighted by Gasteiger charge is 2.31. The Morgan fingerprint density at radius 2 is 1.66 bits per heavy atom. The average Bonchev–Trinajstić information content (AvgIpc) is 2.87. The summed E-state index contributed by atoms with van der Waals surface area (Å²) in [6, 6.07) is 20.0. The highest BCUT2D eigenvalue weighted by molar-refractivity contribution is 5.96. The first-order chi connectivity index (χ1) is 16.8. The van der Waals surface area contributed by atoms with Crippen LogP contribution < -0.4 is 9.75 Å². The fourth-order valence-corrected chi connectivity index (χ4v) is 2.96. The van der Waals surface area contributed by atoms with E-state index in [0.29, 0.717) is 11.3 Å². The predicted molar refractivity (Wildman–Crippen MR) is 125 cm³/mol. The van der Waals surface area contributed by atoms with Crippen LogP contribution in [0, 0.1) is 0 Å². The fourth-order valence-electron chi connectivity index (χ4n) is 2.96. The number of aryl methyl sites for hydroxylation is 1. The van der Waals surface area contributed by atoms with Crippen molar-refractivity contribution in [3.63, 3.8) is 0 Å². The van der Waals surface area contributed by atoms with E-state index in [1.807, 2.05) is 19.1 Å². The first kappa shape index (κ1) is 25.5. The van der Waals surface area contributed by atoms with Gasteiger partial charge >= 0.3 is 12.1 Å². The molecule has 0 radical (unpaired) electrons. The van der Waals surface area contributed by atoms with Crippen LogP contribution >= 0.6 is 0 Å². The summed E-state index contributed by atoms with van der Waals surface area (Å²) in [4.78, 5) is 24.9. The summed E-state index contributed by atoms with van der Waals surface area (Å²) < 4.78 is 49.9. The molecular formula is C26H23F3N2O4. The molecule has 1 amide bonds. The van der Waals surface area contributed by atoms with Crippen molar-refractivity contribution < 1.29 is 32.2 Å². The lowest BCUT2D eigenvalue weighted by Gasteiger charge is -2.18. The third-order valence-electron chi connectivity index (χ3n) is 4.82. The van der Waals surface area contributed by atoms with Crippen LogP contribution in [0.2, 0.25) is 0 Å². The Morgan fingerprint density at radius 3 is 2.31 bits per heavy atom. The molecule has 0 aliphatic rings. The number of ether oxygens (including phenoxy) is 2. The van der Waals surface area contributed by atoms with Crippen molar-refractivity contribution in [2.75, 3.05) is 18.2 Å². The van der Waals surface area contributed by atoms with Crippen LogP contribution in [-0.2, 0) is 26.9 Å². The van der Waals surface area contributed by atoms with Crippen molar-refractivity contribution in [3.8, 4) is 5.75 Å². The van der Waals surface area contributed by atoms with Gasteiger partial charge in [-0.15, -0.1) is 0 Å². The summed E-state index contributed by atoms with van der Waals surface area (Å²) in [5, 5.41) is 4.81. The zero-order chi connectivity index (χ0) is 25.3. The smallest absolute Gasteiger partial charge is 0.416 e. The molecule has 0 aliphatic heterocycles. The van der Waals surface area contributed by atoms with Crippen molar-refractivity contribution in [2.24, 2.45) is 5.10 Å². The molecule has 0 unspecified atom stereocenters. The number of rotatable bonds is 9. The number of carbonyl (C=O) groups excluding carboxylic acids is 2. The van der Waals surface area contributed by atoms with Crippen molar-refractivity contribution in [1.82, 2.24) is 0 Å². The number of halogens is 3. The summed E-state index contributed by atoms with van der Waals surface area (Å²) in [6.07, 6.45) is -2.42. The molecule has 0 spiro atoms. The SMILES string of the molecule is CCc1ccc(OCC(=O)OCC(=O)N(/N=C/c2ccccc2)c2cccc(C(F)(F)F)c2)cc1. The maximum atomic E-state index is 13.2. The number of hydrazone groups is 1. The molecule has 0 saturated carbocycles. The van der Waals surface area contributed by atoms with Crippen molar-refractivity contribution in [1.29, 1.82) is 0 Å². The van der Waals surface area contributed by atoms with Crippen LogP contribution in [0.3, 0.4) is 0 Å². The van der Waals surface area contributed by atoms with E-state index in [1.165, 1.54) is 18.3 Å². The van der Waals surface area contributed by atoms with E-state index in [9.17, 15) is 22.8 Å². The second kappa shape index (κ2) is 11.8. The van der Waals surface area contributed by atoms with E-state index < -0.39 is 36.8 Å². The van der Waals surface area contributed by atoms with E-state index in [0.717, 1.165) is 29.1 Å². The van der Waals surface area contributed by atoms with Gasteiger partial charge in [0.05, 0.1) is 17.5 Å².